The molecule has 2 rings (SSSR count). The van der Waals surface area contributed by atoms with Gasteiger partial charge in [-0.25, -0.2) is 4.39 Å². The number of anilines is 1. The number of alkyl halides is 1. The molecule has 1 aliphatic rings. The zero-order valence-corrected chi connectivity index (χ0v) is 9.37. The predicted octanol–water partition coefficient (Wildman–Crippen LogP) is 2.84. The lowest BCUT2D eigenvalue weighted by molar-refractivity contribution is 0.627. The van der Waals surface area contributed by atoms with Crippen LogP contribution in [0.3, 0.4) is 0 Å². The zero-order chi connectivity index (χ0) is 9.26. The van der Waals surface area contributed by atoms with Crippen molar-refractivity contribution in [2.75, 3.05) is 18.0 Å². The molecule has 0 aromatic heterocycles. The minimum atomic E-state index is -0.158. The minimum Gasteiger partial charge on any atom is -0.370 e. The molecule has 0 aliphatic carbocycles. The molecule has 1 nitrogen and oxygen atoms in total. The molecule has 1 fully saturated rings. The average Bonchev–Trinajstić information content (AvgIpc) is 2.53. The van der Waals surface area contributed by atoms with E-state index >= 15 is 0 Å². The Balaban J connectivity index is 2.13. The molecule has 13 heavy (non-hydrogen) atoms. The summed E-state index contributed by atoms with van der Waals surface area (Å²) in [5.74, 6) is -0.158. The van der Waals surface area contributed by atoms with Crippen LogP contribution in [0.1, 0.15) is 6.42 Å². The number of rotatable bonds is 1. The van der Waals surface area contributed by atoms with Crippen molar-refractivity contribution in [2.45, 2.75) is 10.3 Å². The van der Waals surface area contributed by atoms with Gasteiger partial charge in [-0.05, 0) is 30.7 Å². The highest BCUT2D eigenvalue weighted by Gasteiger charge is 2.19. The Hall–Kier alpha value is -0.320. The first-order valence-electron chi connectivity index (χ1n) is 4.40. The van der Waals surface area contributed by atoms with Crippen LogP contribution in [-0.4, -0.2) is 17.0 Å². The van der Waals surface area contributed by atoms with E-state index in [9.17, 15) is 4.39 Å². The molecule has 1 atom stereocenters. The van der Waals surface area contributed by atoms with Crippen molar-refractivity contribution >= 4 is 28.3 Å². The summed E-state index contributed by atoms with van der Waals surface area (Å²) in [6.07, 6.45) is 1.23. The van der Waals surface area contributed by atoms with E-state index in [1.54, 1.807) is 0 Å². The molecule has 0 saturated carbocycles. The van der Waals surface area contributed by atoms with Crippen LogP contribution in [0.2, 0.25) is 0 Å². The van der Waals surface area contributed by atoms with Crippen molar-refractivity contribution in [2.24, 2.45) is 0 Å². The minimum absolute atomic E-state index is 0.158. The Bertz CT molecular complexity index is 285. The maximum atomic E-state index is 12.6. The molecular weight excluding hydrogens is 280 g/mol. The standard InChI is InChI=1S/C10H11FIN/c11-8-1-3-10(4-2-8)13-6-5-9(12)7-13/h1-4,9H,5-7H2. The van der Waals surface area contributed by atoms with Gasteiger partial charge in [0.05, 0.1) is 0 Å². The lowest BCUT2D eigenvalue weighted by atomic mass is 10.3. The summed E-state index contributed by atoms with van der Waals surface area (Å²) >= 11 is 2.46. The predicted molar refractivity (Wildman–Crippen MR) is 61.0 cm³/mol. The lowest BCUT2D eigenvalue weighted by Crippen LogP contribution is -2.19. The highest BCUT2D eigenvalue weighted by atomic mass is 127. The van der Waals surface area contributed by atoms with Gasteiger partial charge in [-0.15, -0.1) is 0 Å². The van der Waals surface area contributed by atoms with Gasteiger partial charge >= 0.3 is 0 Å². The maximum absolute atomic E-state index is 12.6. The van der Waals surface area contributed by atoms with Gasteiger partial charge in [0.1, 0.15) is 5.82 Å². The summed E-state index contributed by atoms with van der Waals surface area (Å²) < 4.78 is 13.4. The Labute approximate surface area is 91.1 Å². The molecule has 1 heterocycles. The summed E-state index contributed by atoms with van der Waals surface area (Å²) in [5.41, 5.74) is 1.14. The van der Waals surface area contributed by atoms with Gasteiger partial charge in [-0.1, -0.05) is 22.6 Å². The fourth-order valence-corrected chi connectivity index (χ4v) is 2.36. The van der Waals surface area contributed by atoms with Gasteiger partial charge in [0.2, 0.25) is 0 Å². The topological polar surface area (TPSA) is 3.24 Å². The van der Waals surface area contributed by atoms with Crippen molar-refractivity contribution < 1.29 is 4.39 Å². The summed E-state index contributed by atoms with van der Waals surface area (Å²) in [4.78, 5) is 2.30. The Morgan fingerprint density at radius 3 is 2.54 bits per heavy atom. The van der Waals surface area contributed by atoms with Crippen LogP contribution in [0.4, 0.5) is 10.1 Å². The monoisotopic (exact) mass is 291 g/mol. The second-order valence-corrected chi connectivity index (χ2v) is 5.07. The molecule has 0 radical (unpaired) electrons. The van der Waals surface area contributed by atoms with Gasteiger partial charge in [-0.2, -0.15) is 0 Å². The third-order valence-corrected chi connectivity index (χ3v) is 3.34. The third-order valence-electron chi connectivity index (χ3n) is 2.32. The third kappa shape index (κ3) is 2.13. The van der Waals surface area contributed by atoms with E-state index in [0.717, 1.165) is 22.7 Å². The molecule has 70 valence electrons. The molecule has 1 aromatic carbocycles. The molecule has 0 spiro atoms. The SMILES string of the molecule is Fc1ccc(N2CCC(I)C2)cc1. The maximum Gasteiger partial charge on any atom is 0.123 e. The highest BCUT2D eigenvalue weighted by Crippen LogP contribution is 2.23. The van der Waals surface area contributed by atoms with Crippen molar-refractivity contribution in [1.29, 1.82) is 0 Å². The van der Waals surface area contributed by atoms with Gasteiger partial charge in [0, 0.05) is 22.7 Å². The molecule has 1 aromatic rings. The Kier molecular flexibility index (Phi) is 2.71. The Morgan fingerprint density at radius 1 is 1.31 bits per heavy atom. The fourth-order valence-electron chi connectivity index (χ4n) is 1.60. The number of benzene rings is 1. The van der Waals surface area contributed by atoms with Crippen LogP contribution in [0.5, 0.6) is 0 Å². The molecule has 0 N–H and O–H groups in total. The first kappa shape index (κ1) is 9.24. The van der Waals surface area contributed by atoms with Gasteiger partial charge in [0.25, 0.3) is 0 Å². The van der Waals surface area contributed by atoms with Gasteiger partial charge < -0.3 is 4.90 Å². The molecular formula is C10H11FIN. The molecule has 1 aliphatic heterocycles. The number of nitrogens with zero attached hydrogens (tertiary/aromatic N) is 1. The molecule has 1 unspecified atom stereocenters. The van der Waals surface area contributed by atoms with E-state index in [4.69, 9.17) is 0 Å². The summed E-state index contributed by atoms with van der Waals surface area (Å²) in [5, 5.41) is 0. The largest absolute Gasteiger partial charge is 0.370 e. The molecule has 0 bridgehead atoms. The quantitative estimate of drug-likeness (QED) is 0.568. The van der Waals surface area contributed by atoms with Crippen molar-refractivity contribution in [3.63, 3.8) is 0 Å². The van der Waals surface area contributed by atoms with Crippen molar-refractivity contribution in [3.8, 4) is 0 Å². The smallest absolute Gasteiger partial charge is 0.123 e. The summed E-state index contributed by atoms with van der Waals surface area (Å²) in [7, 11) is 0. The van der Waals surface area contributed by atoms with E-state index in [2.05, 4.69) is 27.5 Å². The summed E-state index contributed by atoms with van der Waals surface area (Å²) in [6, 6.07) is 6.75. The van der Waals surface area contributed by atoms with E-state index < -0.39 is 0 Å². The van der Waals surface area contributed by atoms with Crippen LogP contribution in [0.15, 0.2) is 24.3 Å². The second-order valence-electron chi connectivity index (χ2n) is 3.31. The highest BCUT2D eigenvalue weighted by molar-refractivity contribution is 14.1. The molecule has 3 heteroatoms. The first-order valence-corrected chi connectivity index (χ1v) is 5.65. The van der Waals surface area contributed by atoms with Crippen LogP contribution in [0, 0.1) is 5.82 Å². The van der Waals surface area contributed by atoms with Gasteiger partial charge in [-0.3, -0.25) is 0 Å². The van der Waals surface area contributed by atoms with Gasteiger partial charge in [0.15, 0.2) is 0 Å². The van der Waals surface area contributed by atoms with Crippen LogP contribution >= 0.6 is 22.6 Å². The summed E-state index contributed by atoms with van der Waals surface area (Å²) in [6.45, 7) is 2.19. The number of halogens is 2. The van der Waals surface area contributed by atoms with E-state index in [-0.39, 0.29) is 5.82 Å². The average molecular weight is 291 g/mol. The second kappa shape index (κ2) is 3.82. The number of hydrogen-bond acceptors (Lipinski definition) is 1. The van der Waals surface area contributed by atoms with Crippen molar-refractivity contribution in [3.05, 3.63) is 30.1 Å². The van der Waals surface area contributed by atoms with E-state index in [1.807, 2.05) is 12.1 Å². The van der Waals surface area contributed by atoms with E-state index in [0.29, 0.717) is 0 Å². The normalized spacial score (nSPS) is 22.3. The zero-order valence-electron chi connectivity index (χ0n) is 7.21. The van der Waals surface area contributed by atoms with Crippen LogP contribution in [-0.2, 0) is 0 Å². The molecule has 1 saturated heterocycles. The molecule has 0 amide bonds. The number of hydrogen-bond donors (Lipinski definition) is 0. The van der Waals surface area contributed by atoms with E-state index in [1.165, 1.54) is 18.6 Å². The van der Waals surface area contributed by atoms with Crippen LogP contribution in [0.25, 0.3) is 0 Å². The fraction of sp³-hybridized carbons (Fsp3) is 0.400. The first-order chi connectivity index (χ1) is 6.25. The lowest BCUT2D eigenvalue weighted by Gasteiger charge is -2.17. The van der Waals surface area contributed by atoms with Crippen LogP contribution < -0.4 is 4.90 Å². The Morgan fingerprint density at radius 2 is 2.00 bits per heavy atom. The van der Waals surface area contributed by atoms with Crippen molar-refractivity contribution in [1.82, 2.24) is 0 Å².